The van der Waals surface area contributed by atoms with Crippen LogP contribution in [-0.2, 0) is 6.54 Å². The van der Waals surface area contributed by atoms with Crippen molar-refractivity contribution in [1.29, 1.82) is 0 Å². The summed E-state index contributed by atoms with van der Waals surface area (Å²) >= 11 is 0. The highest BCUT2D eigenvalue weighted by Gasteiger charge is 2.09. The maximum absolute atomic E-state index is 12.2. The summed E-state index contributed by atoms with van der Waals surface area (Å²) in [6.07, 6.45) is 3.15. The third-order valence-corrected chi connectivity index (χ3v) is 2.98. The van der Waals surface area contributed by atoms with Gasteiger partial charge in [0.15, 0.2) is 0 Å². The van der Waals surface area contributed by atoms with Crippen molar-refractivity contribution in [2.75, 3.05) is 7.11 Å². The molecule has 0 unspecified atom stereocenters. The molecule has 5 heteroatoms. The maximum atomic E-state index is 12.2. The molecule has 1 aromatic heterocycles. The number of benzene rings is 1. The summed E-state index contributed by atoms with van der Waals surface area (Å²) in [6, 6.07) is 9.25. The highest BCUT2D eigenvalue weighted by molar-refractivity contribution is 5.94. The van der Waals surface area contributed by atoms with Gasteiger partial charge in [0, 0.05) is 18.3 Å². The van der Waals surface area contributed by atoms with Crippen molar-refractivity contribution in [2.45, 2.75) is 26.5 Å². The Morgan fingerprint density at radius 3 is 2.77 bits per heavy atom. The van der Waals surface area contributed by atoms with Gasteiger partial charge in [-0.1, -0.05) is 18.2 Å². The van der Waals surface area contributed by atoms with Gasteiger partial charge in [-0.25, -0.2) is 0 Å². The molecule has 0 saturated carbocycles. The van der Waals surface area contributed by atoms with Crippen LogP contribution in [0.15, 0.2) is 42.7 Å². The second-order valence-electron chi connectivity index (χ2n) is 5.07. The molecule has 0 aliphatic carbocycles. The molecule has 5 nitrogen and oxygen atoms in total. The first kappa shape index (κ1) is 15.8. The fourth-order valence-electron chi connectivity index (χ4n) is 2.01. The van der Waals surface area contributed by atoms with Gasteiger partial charge in [-0.3, -0.25) is 9.78 Å². The molecule has 1 N–H and O–H groups in total. The molecule has 22 heavy (non-hydrogen) atoms. The van der Waals surface area contributed by atoms with Gasteiger partial charge in [0.1, 0.15) is 11.5 Å². The Morgan fingerprint density at radius 2 is 2.05 bits per heavy atom. The number of para-hydroxylation sites is 1. The predicted octanol–water partition coefficient (Wildman–Crippen LogP) is 2.81. The van der Waals surface area contributed by atoms with Crippen molar-refractivity contribution in [3.05, 3.63) is 53.9 Å². The quantitative estimate of drug-likeness (QED) is 0.891. The van der Waals surface area contributed by atoms with Crippen LogP contribution in [0.5, 0.6) is 11.5 Å². The van der Waals surface area contributed by atoms with Gasteiger partial charge in [0.05, 0.1) is 25.0 Å². The van der Waals surface area contributed by atoms with Crippen LogP contribution in [0.4, 0.5) is 0 Å². The van der Waals surface area contributed by atoms with E-state index in [4.69, 9.17) is 9.47 Å². The SMILES string of the molecule is COc1ccccc1CNC(=O)c1cncc(OC(C)C)c1. The van der Waals surface area contributed by atoms with Crippen LogP contribution in [0, 0.1) is 0 Å². The van der Waals surface area contributed by atoms with E-state index in [1.807, 2.05) is 38.1 Å². The zero-order valence-electron chi connectivity index (χ0n) is 13.0. The number of nitrogens with zero attached hydrogens (tertiary/aromatic N) is 1. The number of pyridine rings is 1. The molecule has 0 saturated heterocycles. The number of carbonyl (C=O) groups is 1. The first-order chi connectivity index (χ1) is 10.6. The number of aromatic nitrogens is 1. The number of rotatable bonds is 6. The fraction of sp³-hybridized carbons (Fsp3) is 0.294. The van der Waals surface area contributed by atoms with E-state index >= 15 is 0 Å². The second kappa shape index (κ2) is 7.45. The number of methoxy groups -OCH3 is 1. The van der Waals surface area contributed by atoms with Gasteiger partial charge >= 0.3 is 0 Å². The summed E-state index contributed by atoms with van der Waals surface area (Å²) in [4.78, 5) is 16.2. The van der Waals surface area contributed by atoms with Gasteiger partial charge < -0.3 is 14.8 Å². The van der Waals surface area contributed by atoms with E-state index in [0.29, 0.717) is 17.9 Å². The van der Waals surface area contributed by atoms with Crippen LogP contribution < -0.4 is 14.8 Å². The van der Waals surface area contributed by atoms with E-state index in [0.717, 1.165) is 11.3 Å². The van der Waals surface area contributed by atoms with Gasteiger partial charge in [0.25, 0.3) is 5.91 Å². The molecular weight excluding hydrogens is 280 g/mol. The van der Waals surface area contributed by atoms with Crippen molar-refractivity contribution in [3.63, 3.8) is 0 Å². The van der Waals surface area contributed by atoms with Gasteiger partial charge in [0.2, 0.25) is 0 Å². The van der Waals surface area contributed by atoms with Crippen molar-refractivity contribution in [1.82, 2.24) is 10.3 Å². The molecule has 1 heterocycles. The number of nitrogens with one attached hydrogen (secondary N) is 1. The first-order valence-electron chi connectivity index (χ1n) is 7.12. The molecular formula is C17H20N2O3. The number of hydrogen-bond acceptors (Lipinski definition) is 4. The standard InChI is InChI=1S/C17H20N2O3/c1-12(2)22-15-8-14(9-18-11-15)17(20)19-10-13-6-4-5-7-16(13)21-3/h4-9,11-12H,10H2,1-3H3,(H,19,20). The molecule has 1 aromatic carbocycles. The summed E-state index contributed by atoms with van der Waals surface area (Å²) in [5.41, 5.74) is 1.38. The van der Waals surface area contributed by atoms with E-state index < -0.39 is 0 Å². The molecule has 0 bridgehead atoms. The summed E-state index contributed by atoms with van der Waals surface area (Å²) < 4.78 is 10.8. The Kier molecular flexibility index (Phi) is 5.36. The average molecular weight is 300 g/mol. The zero-order valence-corrected chi connectivity index (χ0v) is 13.0. The van der Waals surface area contributed by atoms with E-state index in [1.165, 1.54) is 6.20 Å². The maximum Gasteiger partial charge on any atom is 0.253 e. The minimum atomic E-state index is -0.201. The molecule has 1 amide bonds. The normalized spacial score (nSPS) is 10.4. The van der Waals surface area contributed by atoms with Crippen LogP contribution in [-0.4, -0.2) is 24.1 Å². The molecule has 0 aliphatic heterocycles. The summed E-state index contributed by atoms with van der Waals surface area (Å²) in [5.74, 6) is 1.13. The molecule has 0 aliphatic rings. The summed E-state index contributed by atoms with van der Waals surface area (Å²) in [7, 11) is 1.61. The molecule has 0 atom stereocenters. The highest BCUT2D eigenvalue weighted by Crippen LogP contribution is 2.17. The van der Waals surface area contributed by atoms with Crippen molar-refractivity contribution < 1.29 is 14.3 Å². The largest absolute Gasteiger partial charge is 0.496 e. The third kappa shape index (κ3) is 4.22. The zero-order chi connectivity index (χ0) is 15.9. The number of ether oxygens (including phenoxy) is 2. The lowest BCUT2D eigenvalue weighted by Crippen LogP contribution is -2.23. The van der Waals surface area contributed by atoms with E-state index in [1.54, 1.807) is 19.4 Å². The average Bonchev–Trinajstić information content (AvgIpc) is 2.52. The van der Waals surface area contributed by atoms with Crippen LogP contribution in [0.3, 0.4) is 0 Å². The Hall–Kier alpha value is -2.56. The van der Waals surface area contributed by atoms with E-state index in [-0.39, 0.29) is 12.0 Å². The minimum Gasteiger partial charge on any atom is -0.496 e. The lowest BCUT2D eigenvalue weighted by atomic mass is 10.2. The van der Waals surface area contributed by atoms with Crippen molar-refractivity contribution in [2.24, 2.45) is 0 Å². The second-order valence-corrected chi connectivity index (χ2v) is 5.07. The smallest absolute Gasteiger partial charge is 0.253 e. The van der Waals surface area contributed by atoms with E-state index in [2.05, 4.69) is 10.3 Å². The lowest BCUT2D eigenvalue weighted by molar-refractivity contribution is 0.0949. The number of amides is 1. The molecule has 116 valence electrons. The third-order valence-electron chi connectivity index (χ3n) is 2.98. The lowest BCUT2D eigenvalue weighted by Gasteiger charge is -2.11. The summed E-state index contributed by atoms with van der Waals surface area (Å²) in [5, 5.41) is 2.86. The molecule has 0 radical (unpaired) electrons. The molecule has 0 spiro atoms. The van der Waals surface area contributed by atoms with Crippen molar-refractivity contribution >= 4 is 5.91 Å². The monoisotopic (exact) mass is 300 g/mol. The number of hydrogen-bond donors (Lipinski definition) is 1. The Bertz CT molecular complexity index is 641. The highest BCUT2D eigenvalue weighted by atomic mass is 16.5. The van der Waals surface area contributed by atoms with Crippen molar-refractivity contribution in [3.8, 4) is 11.5 Å². The Balaban J connectivity index is 2.03. The fourth-order valence-corrected chi connectivity index (χ4v) is 2.01. The molecule has 2 rings (SSSR count). The predicted molar refractivity (Wildman–Crippen MR) is 84.2 cm³/mol. The minimum absolute atomic E-state index is 0.0358. The summed E-state index contributed by atoms with van der Waals surface area (Å²) in [6.45, 7) is 4.24. The first-order valence-corrected chi connectivity index (χ1v) is 7.12. The van der Waals surface area contributed by atoms with Gasteiger partial charge in [-0.15, -0.1) is 0 Å². The topological polar surface area (TPSA) is 60.5 Å². The Morgan fingerprint density at radius 1 is 1.27 bits per heavy atom. The molecule has 0 fully saturated rings. The van der Waals surface area contributed by atoms with Gasteiger partial charge in [-0.2, -0.15) is 0 Å². The van der Waals surface area contributed by atoms with Crippen LogP contribution in [0.1, 0.15) is 29.8 Å². The number of carbonyl (C=O) groups excluding carboxylic acids is 1. The van der Waals surface area contributed by atoms with Crippen LogP contribution in [0.2, 0.25) is 0 Å². The van der Waals surface area contributed by atoms with Crippen LogP contribution in [0.25, 0.3) is 0 Å². The van der Waals surface area contributed by atoms with Gasteiger partial charge in [-0.05, 0) is 26.0 Å². The molecule has 2 aromatic rings. The van der Waals surface area contributed by atoms with E-state index in [9.17, 15) is 4.79 Å². The van der Waals surface area contributed by atoms with Crippen LogP contribution >= 0.6 is 0 Å². The Labute approximate surface area is 130 Å².